The largest absolute Gasteiger partial charge is 0.351 e. The van der Waals surface area contributed by atoms with Crippen molar-refractivity contribution in [1.82, 2.24) is 30.2 Å². The number of hydrogen-bond acceptors (Lipinski definition) is 9. The fourth-order valence-electron chi connectivity index (χ4n) is 4.59. The van der Waals surface area contributed by atoms with E-state index in [9.17, 15) is 4.79 Å². The Bertz CT molecular complexity index is 1350. The molecule has 2 bridgehead atoms. The Hall–Kier alpha value is -4.44. The van der Waals surface area contributed by atoms with Gasteiger partial charge in [-0.3, -0.25) is 14.8 Å². The minimum atomic E-state index is -0.253. The summed E-state index contributed by atoms with van der Waals surface area (Å²) >= 11 is 0. The van der Waals surface area contributed by atoms with Gasteiger partial charge in [-0.2, -0.15) is 0 Å². The molecule has 6 heterocycles. The lowest BCUT2D eigenvalue weighted by Crippen LogP contribution is -2.43. The third kappa shape index (κ3) is 4.51. The van der Waals surface area contributed by atoms with Crippen molar-refractivity contribution in [2.24, 2.45) is 0 Å². The van der Waals surface area contributed by atoms with Crippen molar-refractivity contribution in [3.05, 3.63) is 79.1 Å². The molecule has 3 N–H and O–H groups in total. The molecule has 6 rings (SSSR count). The fraction of sp³-hybridized carbons (Fsp3) is 0.200. The summed E-state index contributed by atoms with van der Waals surface area (Å²) in [6.07, 6.45) is 10.9. The number of anilines is 4. The fourth-order valence-corrected chi connectivity index (χ4v) is 4.59. The van der Waals surface area contributed by atoms with Crippen LogP contribution in [0.2, 0.25) is 0 Å². The number of carbonyl (C=O) groups is 1. The number of aromatic nitrogens is 5. The molecule has 0 radical (unpaired) electrons. The monoisotopic (exact) mass is 465 g/mol. The standard InChI is InChI=1S/C25H23N9O/c35-25(17-2-1-4-26-12-17)31-18-10-21(32-22(11-18)33-23-14-27-6-7-28-23)16-3-5-29-24(8-16)34-15-19-9-20(34)13-30-19/h1-8,10-12,14,19-20,30H,9,13,15H2,(H2,28,31,32,33,35)/t19-,20-/m0/s1. The number of nitrogens with zero attached hydrogens (tertiary/aromatic N) is 6. The normalized spacial score (nSPS) is 18.5. The Balaban J connectivity index is 1.34. The lowest BCUT2D eigenvalue weighted by atomic mass is 10.1. The second-order valence-electron chi connectivity index (χ2n) is 8.59. The second-order valence-corrected chi connectivity index (χ2v) is 8.59. The first-order chi connectivity index (χ1) is 17.2. The minimum absolute atomic E-state index is 0.253. The van der Waals surface area contributed by atoms with Gasteiger partial charge in [-0.15, -0.1) is 0 Å². The third-order valence-electron chi connectivity index (χ3n) is 6.22. The number of hydrogen-bond donors (Lipinski definition) is 3. The maximum Gasteiger partial charge on any atom is 0.257 e. The van der Waals surface area contributed by atoms with Crippen LogP contribution in [0.25, 0.3) is 11.3 Å². The van der Waals surface area contributed by atoms with E-state index in [0.717, 1.165) is 30.9 Å². The number of nitrogens with one attached hydrogen (secondary N) is 3. The number of rotatable bonds is 6. The summed E-state index contributed by atoms with van der Waals surface area (Å²) in [5.74, 6) is 1.77. The second kappa shape index (κ2) is 9.07. The van der Waals surface area contributed by atoms with Gasteiger partial charge in [0.1, 0.15) is 17.5 Å². The molecular weight excluding hydrogens is 442 g/mol. The van der Waals surface area contributed by atoms with Crippen LogP contribution >= 0.6 is 0 Å². The Kier molecular flexibility index (Phi) is 5.47. The van der Waals surface area contributed by atoms with Crippen LogP contribution in [0, 0.1) is 0 Å². The van der Waals surface area contributed by atoms with E-state index in [0.29, 0.717) is 40.7 Å². The van der Waals surface area contributed by atoms with Gasteiger partial charge in [-0.25, -0.2) is 15.0 Å². The number of fused-ring (bicyclic) bond motifs is 2. The van der Waals surface area contributed by atoms with E-state index in [1.807, 2.05) is 18.3 Å². The average Bonchev–Trinajstić information content (AvgIpc) is 3.54. The predicted octanol–water partition coefficient (Wildman–Crippen LogP) is 2.88. The Morgan fingerprint density at radius 2 is 1.94 bits per heavy atom. The Morgan fingerprint density at radius 3 is 2.71 bits per heavy atom. The lowest BCUT2D eigenvalue weighted by molar-refractivity contribution is 0.102. The Morgan fingerprint density at radius 1 is 1.00 bits per heavy atom. The minimum Gasteiger partial charge on any atom is -0.351 e. The number of carbonyl (C=O) groups excluding carboxylic acids is 1. The molecule has 10 nitrogen and oxygen atoms in total. The zero-order valence-corrected chi connectivity index (χ0v) is 18.8. The van der Waals surface area contributed by atoms with Crippen molar-refractivity contribution >= 4 is 29.0 Å². The molecule has 10 heteroatoms. The van der Waals surface area contributed by atoms with Crippen LogP contribution in [-0.4, -0.2) is 56.0 Å². The van der Waals surface area contributed by atoms with E-state index < -0.39 is 0 Å². The molecule has 2 fully saturated rings. The molecule has 174 valence electrons. The molecule has 2 aliphatic heterocycles. The van der Waals surface area contributed by atoms with Crippen molar-refractivity contribution in [1.29, 1.82) is 0 Å². The summed E-state index contributed by atoms with van der Waals surface area (Å²) in [5, 5.41) is 9.66. The Labute approximate surface area is 201 Å². The highest BCUT2D eigenvalue weighted by Crippen LogP contribution is 2.31. The molecule has 0 aliphatic carbocycles. The van der Waals surface area contributed by atoms with E-state index >= 15 is 0 Å². The van der Waals surface area contributed by atoms with Crippen molar-refractivity contribution < 1.29 is 4.79 Å². The van der Waals surface area contributed by atoms with Gasteiger partial charge in [-0.1, -0.05) is 0 Å². The first-order valence-corrected chi connectivity index (χ1v) is 11.4. The summed E-state index contributed by atoms with van der Waals surface area (Å²) in [6, 6.07) is 12.0. The van der Waals surface area contributed by atoms with Gasteiger partial charge in [0.15, 0.2) is 0 Å². The van der Waals surface area contributed by atoms with E-state index in [4.69, 9.17) is 4.98 Å². The third-order valence-corrected chi connectivity index (χ3v) is 6.22. The first-order valence-electron chi connectivity index (χ1n) is 11.4. The summed E-state index contributed by atoms with van der Waals surface area (Å²) in [7, 11) is 0. The summed E-state index contributed by atoms with van der Waals surface area (Å²) in [5.41, 5.74) is 2.67. The maximum atomic E-state index is 12.8. The lowest BCUT2D eigenvalue weighted by Gasteiger charge is -2.28. The van der Waals surface area contributed by atoms with Gasteiger partial charge < -0.3 is 20.9 Å². The molecule has 4 aromatic heterocycles. The van der Waals surface area contributed by atoms with Crippen LogP contribution in [0.1, 0.15) is 16.8 Å². The number of amides is 1. The van der Waals surface area contributed by atoms with Crippen molar-refractivity contribution in [3.63, 3.8) is 0 Å². The molecule has 4 aromatic rings. The molecular formula is C25H23N9O. The SMILES string of the molecule is O=C(Nc1cc(Nc2cnccn2)nc(-c2ccnc(N3C[C@@H]4C[C@H]3CN4)c2)c1)c1cccnc1. The van der Waals surface area contributed by atoms with Gasteiger partial charge in [0.05, 0.1) is 17.5 Å². The van der Waals surface area contributed by atoms with Crippen LogP contribution in [0.4, 0.5) is 23.1 Å². The van der Waals surface area contributed by atoms with Crippen molar-refractivity contribution in [2.45, 2.75) is 18.5 Å². The maximum absolute atomic E-state index is 12.8. The summed E-state index contributed by atoms with van der Waals surface area (Å²) in [6.45, 7) is 1.94. The molecule has 2 atom stereocenters. The molecule has 0 aromatic carbocycles. The number of pyridine rings is 3. The van der Waals surface area contributed by atoms with Gasteiger partial charge in [0, 0.05) is 73.5 Å². The quantitative estimate of drug-likeness (QED) is 0.395. The van der Waals surface area contributed by atoms with Gasteiger partial charge in [0.2, 0.25) is 0 Å². The number of piperazine rings is 1. The topological polar surface area (TPSA) is 121 Å². The molecule has 0 spiro atoms. The smallest absolute Gasteiger partial charge is 0.257 e. The van der Waals surface area contributed by atoms with Gasteiger partial charge >= 0.3 is 0 Å². The van der Waals surface area contributed by atoms with Crippen LogP contribution in [0.15, 0.2) is 73.6 Å². The van der Waals surface area contributed by atoms with Crippen LogP contribution in [0.3, 0.4) is 0 Å². The van der Waals surface area contributed by atoms with E-state index in [2.05, 4.69) is 46.9 Å². The van der Waals surface area contributed by atoms with Gasteiger partial charge in [0.25, 0.3) is 5.91 Å². The molecule has 2 aliphatic rings. The van der Waals surface area contributed by atoms with E-state index in [-0.39, 0.29) is 5.91 Å². The van der Waals surface area contributed by atoms with Gasteiger partial charge in [-0.05, 0) is 36.8 Å². The molecule has 1 amide bonds. The van der Waals surface area contributed by atoms with Crippen LogP contribution < -0.4 is 20.9 Å². The average molecular weight is 466 g/mol. The van der Waals surface area contributed by atoms with Crippen LogP contribution in [-0.2, 0) is 0 Å². The van der Waals surface area contributed by atoms with Crippen LogP contribution in [0.5, 0.6) is 0 Å². The van der Waals surface area contributed by atoms with Crippen molar-refractivity contribution in [2.75, 3.05) is 28.6 Å². The summed E-state index contributed by atoms with van der Waals surface area (Å²) < 4.78 is 0. The van der Waals surface area contributed by atoms with E-state index in [1.54, 1.807) is 43.0 Å². The zero-order chi connectivity index (χ0) is 23.6. The highest BCUT2D eigenvalue weighted by molar-refractivity contribution is 6.04. The first kappa shape index (κ1) is 21.1. The summed E-state index contributed by atoms with van der Waals surface area (Å²) in [4.78, 5) is 37.0. The molecule has 0 unspecified atom stereocenters. The molecule has 2 saturated heterocycles. The van der Waals surface area contributed by atoms with E-state index in [1.165, 1.54) is 6.20 Å². The highest BCUT2D eigenvalue weighted by atomic mass is 16.1. The molecule has 35 heavy (non-hydrogen) atoms. The highest BCUT2D eigenvalue weighted by Gasteiger charge is 2.38. The van der Waals surface area contributed by atoms with Crippen molar-refractivity contribution in [3.8, 4) is 11.3 Å². The molecule has 0 saturated carbocycles. The predicted molar refractivity (Wildman–Crippen MR) is 133 cm³/mol. The zero-order valence-electron chi connectivity index (χ0n) is 18.8.